The number of carbonyl (C=O) groups is 1. The van der Waals surface area contributed by atoms with Gasteiger partial charge in [-0.15, -0.1) is 0 Å². The maximum atomic E-state index is 12.3. The van der Waals surface area contributed by atoms with Gasteiger partial charge in [0.05, 0.1) is 11.0 Å². The number of fused-ring (bicyclic) bond motifs is 2. The molecule has 126 valence electrons. The molecule has 0 unspecified atom stereocenters. The van der Waals surface area contributed by atoms with Crippen LogP contribution in [0.15, 0.2) is 54.8 Å². The number of para-hydroxylation sites is 2. The summed E-state index contributed by atoms with van der Waals surface area (Å²) >= 11 is 0. The van der Waals surface area contributed by atoms with Gasteiger partial charge >= 0.3 is 0 Å². The van der Waals surface area contributed by atoms with E-state index in [1.165, 1.54) is 0 Å². The number of aromatic amines is 1. The van der Waals surface area contributed by atoms with E-state index in [0.29, 0.717) is 42.4 Å². The highest BCUT2D eigenvalue weighted by molar-refractivity contribution is 5.94. The Morgan fingerprint density at radius 2 is 2.12 bits per heavy atom. The number of benzene rings is 2. The van der Waals surface area contributed by atoms with Crippen LogP contribution in [0, 0.1) is 0 Å². The average molecular weight is 335 g/mol. The van der Waals surface area contributed by atoms with Gasteiger partial charge in [0.2, 0.25) is 0 Å². The highest BCUT2D eigenvalue weighted by atomic mass is 16.6. The van der Waals surface area contributed by atoms with E-state index in [0.717, 1.165) is 16.9 Å². The van der Waals surface area contributed by atoms with Crippen molar-refractivity contribution in [3.05, 3.63) is 66.2 Å². The van der Waals surface area contributed by atoms with Gasteiger partial charge in [-0.05, 0) is 30.3 Å². The molecule has 1 aliphatic rings. The second-order valence-corrected chi connectivity index (χ2v) is 5.80. The van der Waals surface area contributed by atoms with E-state index in [-0.39, 0.29) is 5.91 Å². The van der Waals surface area contributed by atoms with Gasteiger partial charge in [-0.25, -0.2) is 4.98 Å². The van der Waals surface area contributed by atoms with Crippen molar-refractivity contribution in [2.24, 2.45) is 0 Å². The lowest BCUT2D eigenvalue weighted by atomic mass is 10.1. The molecule has 0 fully saturated rings. The summed E-state index contributed by atoms with van der Waals surface area (Å²) in [7, 11) is 0. The molecule has 0 radical (unpaired) electrons. The van der Waals surface area contributed by atoms with Crippen molar-refractivity contribution in [3.63, 3.8) is 0 Å². The molecule has 4 rings (SSSR count). The molecule has 0 saturated carbocycles. The normalized spacial score (nSPS) is 13.0. The predicted octanol–water partition coefficient (Wildman–Crippen LogP) is 2.82. The van der Waals surface area contributed by atoms with Gasteiger partial charge in [0.1, 0.15) is 18.2 Å². The molecule has 0 aliphatic carbocycles. The number of imidazole rings is 1. The highest BCUT2D eigenvalue weighted by Gasteiger charge is 2.17. The molecule has 1 aromatic heterocycles. The summed E-state index contributed by atoms with van der Waals surface area (Å²) in [4.78, 5) is 20.1. The summed E-state index contributed by atoms with van der Waals surface area (Å²) in [6.07, 6.45) is 0.627. The number of aromatic nitrogens is 2. The maximum Gasteiger partial charge on any atom is 0.251 e. The van der Waals surface area contributed by atoms with E-state index in [1.54, 1.807) is 18.2 Å². The zero-order chi connectivity index (χ0) is 17.2. The summed E-state index contributed by atoms with van der Waals surface area (Å²) in [5.74, 6) is 2.33. The number of hydrogen-bond acceptors (Lipinski definition) is 4. The molecular formula is C19H17N3O3. The Morgan fingerprint density at radius 1 is 1.24 bits per heavy atom. The van der Waals surface area contributed by atoms with Crippen LogP contribution >= 0.6 is 0 Å². The van der Waals surface area contributed by atoms with Crippen molar-refractivity contribution in [1.29, 1.82) is 0 Å². The first-order valence-electron chi connectivity index (χ1n) is 8.03. The first kappa shape index (κ1) is 15.3. The Hall–Kier alpha value is -3.28. The van der Waals surface area contributed by atoms with Crippen LogP contribution in [-0.4, -0.2) is 29.0 Å². The molecule has 6 nitrogen and oxygen atoms in total. The minimum Gasteiger partial charge on any atom is -0.482 e. The van der Waals surface area contributed by atoms with E-state index >= 15 is 0 Å². The Balaban J connectivity index is 1.39. The lowest BCUT2D eigenvalue weighted by Gasteiger charge is -2.20. The van der Waals surface area contributed by atoms with Gasteiger partial charge in [-0.2, -0.15) is 0 Å². The summed E-state index contributed by atoms with van der Waals surface area (Å²) in [5.41, 5.74) is 2.44. The van der Waals surface area contributed by atoms with E-state index in [9.17, 15) is 4.79 Å². The molecule has 2 aromatic carbocycles. The Labute approximate surface area is 144 Å². The fourth-order valence-corrected chi connectivity index (χ4v) is 2.71. The van der Waals surface area contributed by atoms with Gasteiger partial charge in [0.25, 0.3) is 5.91 Å². The lowest BCUT2D eigenvalue weighted by Crippen LogP contribution is -2.26. The largest absolute Gasteiger partial charge is 0.482 e. The number of hydrogen-bond donors (Lipinski definition) is 2. The van der Waals surface area contributed by atoms with Crippen molar-refractivity contribution >= 4 is 16.9 Å². The molecule has 25 heavy (non-hydrogen) atoms. The van der Waals surface area contributed by atoms with Crippen molar-refractivity contribution in [2.75, 3.05) is 13.2 Å². The standard InChI is InChI=1S/C19H17N3O3/c1-12-11-24-16-7-6-13(10-17(16)25-12)19(23)20-9-8-18-21-14-4-2-3-5-15(14)22-18/h2-7,10H,1,8-9,11H2,(H,20,23)(H,21,22). The molecular weight excluding hydrogens is 318 g/mol. The SMILES string of the molecule is C=C1COc2ccc(C(=O)NCCc3nc4ccccc4[nH]3)cc2O1. The third kappa shape index (κ3) is 3.19. The van der Waals surface area contributed by atoms with Gasteiger partial charge in [-0.3, -0.25) is 4.79 Å². The summed E-state index contributed by atoms with van der Waals surface area (Å²) in [6, 6.07) is 13.0. The highest BCUT2D eigenvalue weighted by Crippen LogP contribution is 2.33. The Bertz CT molecular complexity index is 928. The first-order chi connectivity index (χ1) is 12.2. The van der Waals surface area contributed by atoms with Crippen LogP contribution in [0.1, 0.15) is 16.2 Å². The topological polar surface area (TPSA) is 76.2 Å². The van der Waals surface area contributed by atoms with Gasteiger partial charge in [0.15, 0.2) is 11.5 Å². The number of rotatable bonds is 4. The van der Waals surface area contributed by atoms with Crippen LogP contribution in [0.25, 0.3) is 11.0 Å². The van der Waals surface area contributed by atoms with Gasteiger partial charge in [-0.1, -0.05) is 18.7 Å². The zero-order valence-corrected chi connectivity index (χ0v) is 13.5. The maximum absolute atomic E-state index is 12.3. The van der Waals surface area contributed by atoms with E-state index in [4.69, 9.17) is 9.47 Å². The third-order valence-corrected chi connectivity index (χ3v) is 3.93. The smallest absolute Gasteiger partial charge is 0.251 e. The number of amides is 1. The molecule has 1 amide bonds. The molecule has 2 heterocycles. The Morgan fingerprint density at radius 3 is 3.00 bits per heavy atom. The summed E-state index contributed by atoms with van der Waals surface area (Å²) in [6.45, 7) is 4.55. The fourth-order valence-electron chi connectivity index (χ4n) is 2.71. The second-order valence-electron chi connectivity index (χ2n) is 5.80. The quantitative estimate of drug-likeness (QED) is 0.769. The molecule has 0 spiro atoms. The van der Waals surface area contributed by atoms with E-state index < -0.39 is 0 Å². The van der Waals surface area contributed by atoms with Gasteiger partial charge in [0, 0.05) is 18.5 Å². The second kappa shape index (κ2) is 6.32. The first-order valence-corrected chi connectivity index (χ1v) is 8.03. The van der Waals surface area contributed by atoms with E-state index in [2.05, 4.69) is 21.9 Å². The van der Waals surface area contributed by atoms with Crippen LogP contribution in [0.2, 0.25) is 0 Å². The van der Waals surface area contributed by atoms with Crippen LogP contribution in [0.4, 0.5) is 0 Å². The van der Waals surface area contributed by atoms with Crippen LogP contribution in [0.3, 0.4) is 0 Å². The molecule has 2 N–H and O–H groups in total. The molecule has 6 heteroatoms. The molecule has 0 saturated heterocycles. The van der Waals surface area contributed by atoms with Crippen LogP contribution < -0.4 is 14.8 Å². The van der Waals surface area contributed by atoms with Crippen molar-refractivity contribution in [3.8, 4) is 11.5 Å². The van der Waals surface area contributed by atoms with Crippen LogP contribution in [-0.2, 0) is 6.42 Å². The minimum absolute atomic E-state index is 0.168. The number of nitrogens with zero attached hydrogens (tertiary/aromatic N) is 1. The van der Waals surface area contributed by atoms with Crippen molar-refractivity contribution in [1.82, 2.24) is 15.3 Å². The predicted molar refractivity (Wildman–Crippen MR) is 93.8 cm³/mol. The van der Waals surface area contributed by atoms with Gasteiger partial charge < -0.3 is 19.8 Å². The zero-order valence-electron chi connectivity index (χ0n) is 13.5. The number of nitrogens with one attached hydrogen (secondary N) is 2. The molecule has 0 atom stereocenters. The molecule has 1 aliphatic heterocycles. The minimum atomic E-state index is -0.168. The van der Waals surface area contributed by atoms with Crippen molar-refractivity contribution in [2.45, 2.75) is 6.42 Å². The summed E-state index contributed by atoms with van der Waals surface area (Å²) in [5, 5.41) is 2.89. The fraction of sp³-hybridized carbons (Fsp3) is 0.158. The van der Waals surface area contributed by atoms with E-state index in [1.807, 2.05) is 24.3 Å². The number of H-pyrrole nitrogens is 1. The third-order valence-electron chi connectivity index (χ3n) is 3.93. The summed E-state index contributed by atoms with van der Waals surface area (Å²) < 4.78 is 11.0. The lowest BCUT2D eigenvalue weighted by molar-refractivity contribution is 0.0953. The monoisotopic (exact) mass is 335 g/mol. The Kier molecular flexibility index (Phi) is 3.85. The molecule has 0 bridgehead atoms. The van der Waals surface area contributed by atoms with Crippen molar-refractivity contribution < 1.29 is 14.3 Å². The average Bonchev–Trinajstić information content (AvgIpc) is 3.03. The molecule has 3 aromatic rings. The number of ether oxygens (including phenoxy) is 2. The van der Waals surface area contributed by atoms with Crippen LogP contribution in [0.5, 0.6) is 11.5 Å². The number of carbonyl (C=O) groups excluding carboxylic acids is 1.